The lowest BCUT2D eigenvalue weighted by Gasteiger charge is -2.17. The van der Waals surface area contributed by atoms with Crippen LogP contribution in [0.2, 0.25) is 0 Å². The van der Waals surface area contributed by atoms with Crippen molar-refractivity contribution in [2.75, 3.05) is 32.1 Å². The summed E-state index contributed by atoms with van der Waals surface area (Å²) in [7, 11) is 3.83. The molecule has 23 heavy (non-hydrogen) atoms. The van der Waals surface area contributed by atoms with Gasteiger partial charge in [0.1, 0.15) is 6.10 Å². The number of hydrogen-bond acceptors (Lipinski definition) is 6. The van der Waals surface area contributed by atoms with Gasteiger partial charge in [-0.25, -0.2) is 0 Å². The molecule has 1 atom stereocenters. The normalized spacial score (nSPS) is 17.3. The standard InChI is InChI=1S/C16H20N4O2S/c1-19(2)14-3-4-15(18-17-14)22-13-5-7-20(10-13)16(21)9-12-6-8-23-11-12/h3-4,6,8,11,13H,5,7,9-10H2,1-2H3/t13-/m1/s1. The molecule has 0 spiro atoms. The van der Waals surface area contributed by atoms with Crippen molar-refractivity contribution in [3.05, 3.63) is 34.5 Å². The monoisotopic (exact) mass is 332 g/mol. The van der Waals surface area contributed by atoms with Crippen molar-refractivity contribution < 1.29 is 9.53 Å². The lowest BCUT2D eigenvalue weighted by Crippen LogP contribution is -2.32. The first kappa shape index (κ1) is 15.7. The zero-order valence-corrected chi connectivity index (χ0v) is 14.1. The number of likely N-dealkylation sites (tertiary alicyclic amines) is 1. The number of thiophene rings is 1. The molecule has 1 aliphatic heterocycles. The molecule has 1 fully saturated rings. The second-order valence-electron chi connectivity index (χ2n) is 5.80. The van der Waals surface area contributed by atoms with Gasteiger partial charge < -0.3 is 14.5 Å². The van der Waals surface area contributed by atoms with E-state index in [-0.39, 0.29) is 12.0 Å². The summed E-state index contributed by atoms with van der Waals surface area (Å²) in [5.74, 6) is 1.45. The lowest BCUT2D eigenvalue weighted by atomic mass is 10.2. The first-order chi connectivity index (χ1) is 11.1. The molecule has 3 heterocycles. The number of aromatic nitrogens is 2. The summed E-state index contributed by atoms with van der Waals surface area (Å²) in [5, 5.41) is 12.2. The second-order valence-corrected chi connectivity index (χ2v) is 6.58. The fourth-order valence-corrected chi connectivity index (χ4v) is 3.18. The largest absolute Gasteiger partial charge is 0.471 e. The van der Waals surface area contributed by atoms with Crippen molar-refractivity contribution in [2.24, 2.45) is 0 Å². The summed E-state index contributed by atoms with van der Waals surface area (Å²) in [5.41, 5.74) is 1.08. The minimum Gasteiger partial charge on any atom is -0.471 e. The molecule has 122 valence electrons. The van der Waals surface area contributed by atoms with Crippen LogP contribution in [0.25, 0.3) is 0 Å². The molecule has 0 saturated carbocycles. The highest BCUT2D eigenvalue weighted by atomic mass is 32.1. The van der Waals surface area contributed by atoms with E-state index >= 15 is 0 Å². The fraction of sp³-hybridized carbons (Fsp3) is 0.438. The van der Waals surface area contributed by atoms with Crippen molar-refractivity contribution in [3.63, 3.8) is 0 Å². The van der Waals surface area contributed by atoms with E-state index in [1.807, 2.05) is 52.9 Å². The highest BCUT2D eigenvalue weighted by molar-refractivity contribution is 7.07. The van der Waals surface area contributed by atoms with Crippen LogP contribution in [0.1, 0.15) is 12.0 Å². The van der Waals surface area contributed by atoms with Crippen LogP contribution >= 0.6 is 11.3 Å². The summed E-state index contributed by atoms with van der Waals surface area (Å²) in [6, 6.07) is 5.68. The number of carbonyl (C=O) groups is 1. The van der Waals surface area contributed by atoms with E-state index in [0.717, 1.165) is 24.3 Å². The van der Waals surface area contributed by atoms with E-state index < -0.39 is 0 Å². The Hall–Kier alpha value is -2.15. The number of ether oxygens (including phenoxy) is 1. The van der Waals surface area contributed by atoms with Crippen LogP contribution in [0.5, 0.6) is 5.88 Å². The maximum absolute atomic E-state index is 12.3. The molecule has 6 nitrogen and oxygen atoms in total. The molecule has 3 rings (SSSR count). The van der Waals surface area contributed by atoms with Gasteiger partial charge in [0, 0.05) is 33.1 Å². The van der Waals surface area contributed by atoms with Gasteiger partial charge in [0.05, 0.1) is 13.0 Å². The first-order valence-electron chi connectivity index (χ1n) is 7.58. The van der Waals surface area contributed by atoms with E-state index in [1.165, 1.54) is 0 Å². The van der Waals surface area contributed by atoms with Crippen LogP contribution in [0, 0.1) is 0 Å². The molecular weight excluding hydrogens is 312 g/mol. The van der Waals surface area contributed by atoms with Gasteiger partial charge in [-0.05, 0) is 28.5 Å². The van der Waals surface area contributed by atoms with Crippen molar-refractivity contribution in [1.82, 2.24) is 15.1 Å². The van der Waals surface area contributed by atoms with Crippen LogP contribution in [0.3, 0.4) is 0 Å². The Morgan fingerprint density at radius 2 is 2.26 bits per heavy atom. The highest BCUT2D eigenvalue weighted by Gasteiger charge is 2.27. The van der Waals surface area contributed by atoms with Crippen molar-refractivity contribution >= 4 is 23.1 Å². The number of rotatable bonds is 5. The third-order valence-electron chi connectivity index (χ3n) is 3.80. The van der Waals surface area contributed by atoms with Crippen LogP contribution in [0.4, 0.5) is 5.82 Å². The van der Waals surface area contributed by atoms with Crippen LogP contribution in [-0.2, 0) is 11.2 Å². The van der Waals surface area contributed by atoms with Crippen LogP contribution in [-0.4, -0.2) is 54.3 Å². The summed E-state index contributed by atoms with van der Waals surface area (Å²) in [6.07, 6.45) is 1.28. The van der Waals surface area contributed by atoms with E-state index in [0.29, 0.717) is 18.8 Å². The van der Waals surface area contributed by atoms with Crippen LogP contribution < -0.4 is 9.64 Å². The Morgan fingerprint density at radius 3 is 2.91 bits per heavy atom. The van der Waals surface area contributed by atoms with E-state index in [1.54, 1.807) is 11.3 Å². The molecule has 0 radical (unpaired) electrons. The van der Waals surface area contributed by atoms with Crippen molar-refractivity contribution in [3.8, 4) is 5.88 Å². The maximum Gasteiger partial charge on any atom is 0.233 e. The van der Waals surface area contributed by atoms with E-state index in [9.17, 15) is 4.79 Å². The highest BCUT2D eigenvalue weighted by Crippen LogP contribution is 2.18. The minimum atomic E-state index is -0.0130. The zero-order chi connectivity index (χ0) is 16.2. The van der Waals surface area contributed by atoms with Crippen molar-refractivity contribution in [2.45, 2.75) is 18.9 Å². The van der Waals surface area contributed by atoms with E-state index in [4.69, 9.17) is 4.74 Å². The van der Waals surface area contributed by atoms with Gasteiger partial charge in [-0.15, -0.1) is 10.2 Å². The fourth-order valence-electron chi connectivity index (χ4n) is 2.52. The van der Waals surface area contributed by atoms with Gasteiger partial charge in [0.15, 0.2) is 5.82 Å². The number of amides is 1. The summed E-state index contributed by atoms with van der Waals surface area (Å²) in [6.45, 7) is 1.34. The van der Waals surface area contributed by atoms with Gasteiger partial charge in [0.25, 0.3) is 0 Å². The van der Waals surface area contributed by atoms with Gasteiger partial charge in [-0.2, -0.15) is 11.3 Å². The average molecular weight is 332 g/mol. The van der Waals surface area contributed by atoms with Crippen molar-refractivity contribution in [1.29, 1.82) is 0 Å². The molecule has 2 aromatic heterocycles. The Kier molecular flexibility index (Phi) is 4.76. The molecule has 0 aliphatic carbocycles. The molecule has 1 aliphatic rings. The lowest BCUT2D eigenvalue weighted by molar-refractivity contribution is -0.129. The third kappa shape index (κ3) is 3.98. The molecule has 7 heteroatoms. The molecule has 1 amide bonds. The number of carbonyl (C=O) groups excluding carboxylic acids is 1. The van der Waals surface area contributed by atoms with Gasteiger partial charge in [0.2, 0.25) is 11.8 Å². The Bertz CT molecular complexity index is 643. The molecule has 0 aromatic carbocycles. The first-order valence-corrected chi connectivity index (χ1v) is 8.52. The molecule has 0 bridgehead atoms. The maximum atomic E-state index is 12.3. The Labute approximate surface area is 139 Å². The molecule has 0 N–H and O–H groups in total. The van der Waals surface area contributed by atoms with E-state index in [2.05, 4.69) is 10.2 Å². The minimum absolute atomic E-state index is 0.0130. The van der Waals surface area contributed by atoms with Crippen LogP contribution in [0.15, 0.2) is 29.0 Å². The Balaban J connectivity index is 1.52. The topological polar surface area (TPSA) is 58.6 Å². The third-order valence-corrected chi connectivity index (χ3v) is 4.54. The van der Waals surface area contributed by atoms with Gasteiger partial charge in [-0.3, -0.25) is 4.79 Å². The summed E-state index contributed by atoms with van der Waals surface area (Å²) >= 11 is 1.62. The van der Waals surface area contributed by atoms with Gasteiger partial charge in [-0.1, -0.05) is 0 Å². The molecule has 2 aromatic rings. The predicted octanol–water partition coefficient (Wildman–Crippen LogP) is 1.83. The smallest absolute Gasteiger partial charge is 0.233 e. The second kappa shape index (κ2) is 6.95. The molecule has 0 unspecified atom stereocenters. The molecular formula is C16H20N4O2S. The molecule has 1 saturated heterocycles. The zero-order valence-electron chi connectivity index (χ0n) is 13.3. The Morgan fingerprint density at radius 1 is 1.39 bits per heavy atom. The quantitative estimate of drug-likeness (QED) is 0.836. The number of anilines is 1. The SMILES string of the molecule is CN(C)c1ccc(O[C@@H]2CCN(C(=O)Cc3ccsc3)C2)nn1. The number of hydrogen-bond donors (Lipinski definition) is 0. The number of nitrogens with zero attached hydrogens (tertiary/aromatic N) is 4. The predicted molar refractivity (Wildman–Crippen MR) is 90.0 cm³/mol. The summed E-state index contributed by atoms with van der Waals surface area (Å²) in [4.78, 5) is 16.0. The van der Waals surface area contributed by atoms with Gasteiger partial charge >= 0.3 is 0 Å². The average Bonchev–Trinajstić information content (AvgIpc) is 3.19. The summed E-state index contributed by atoms with van der Waals surface area (Å²) < 4.78 is 5.84.